The van der Waals surface area contributed by atoms with Gasteiger partial charge in [-0.05, 0) is 55.6 Å². The molecule has 0 saturated carbocycles. The number of rotatable bonds is 5. The van der Waals surface area contributed by atoms with Crippen LogP contribution in [0.5, 0.6) is 5.75 Å². The molecule has 138 valence electrons. The van der Waals surface area contributed by atoms with Crippen LogP contribution in [0.15, 0.2) is 48.5 Å². The van der Waals surface area contributed by atoms with Gasteiger partial charge in [0.05, 0.1) is 13.7 Å². The van der Waals surface area contributed by atoms with Crippen LogP contribution in [0, 0.1) is 6.92 Å². The molecule has 1 atom stereocenters. The molecule has 1 aliphatic rings. The van der Waals surface area contributed by atoms with Crippen molar-refractivity contribution >= 4 is 11.6 Å². The van der Waals surface area contributed by atoms with E-state index in [1.807, 2.05) is 43.3 Å². The molecule has 0 bridgehead atoms. The number of ether oxygens (including phenoxy) is 1. The zero-order valence-corrected chi connectivity index (χ0v) is 15.7. The number of carbonyl (C=O) groups is 1. The highest BCUT2D eigenvalue weighted by atomic mass is 16.5. The number of aryl methyl sites for hydroxylation is 1. The summed E-state index contributed by atoms with van der Waals surface area (Å²) in [6.45, 7) is 3.39. The summed E-state index contributed by atoms with van der Waals surface area (Å²) in [5, 5.41) is 3.07. The van der Waals surface area contributed by atoms with E-state index in [9.17, 15) is 4.79 Å². The van der Waals surface area contributed by atoms with Crippen molar-refractivity contribution in [3.05, 3.63) is 59.7 Å². The summed E-state index contributed by atoms with van der Waals surface area (Å²) in [6, 6.07) is 16.5. The van der Waals surface area contributed by atoms with Crippen molar-refractivity contribution in [2.45, 2.75) is 38.6 Å². The molecule has 1 heterocycles. The van der Waals surface area contributed by atoms with Crippen LogP contribution in [0.1, 0.15) is 42.9 Å². The van der Waals surface area contributed by atoms with Crippen LogP contribution in [-0.4, -0.2) is 31.0 Å². The maximum atomic E-state index is 12.6. The molecule has 1 saturated heterocycles. The Morgan fingerprint density at radius 2 is 1.88 bits per heavy atom. The fourth-order valence-corrected chi connectivity index (χ4v) is 3.65. The van der Waals surface area contributed by atoms with Gasteiger partial charge in [0.15, 0.2) is 0 Å². The highest BCUT2D eigenvalue weighted by Crippen LogP contribution is 2.31. The first-order valence-electron chi connectivity index (χ1n) is 9.41. The van der Waals surface area contributed by atoms with Crippen molar-refractivity contribution in [3.8, 4) is 5.75 Å². The van der Waals surface area contributed by atoms with Gasteiger partial charge in [-0.1, -0.05) is 43.2 Å². The second-order valence-electron chi connectivity index (χ2n) is 6.97. The van der Waals surface area contributed by atoms with Crippen molar-refractivity contribution in [1.82, 2.24) is 4.90 Å². The Bertz CT molecular complexity index is 727. The molecule has 26 heavy (non-hydrogen) atoms. The monoisotopic (exact) mass is 352 g/mol. The molecular formula is C22H28N2O2. The SMILES string of the molecule is COc1ccc([C@H]2CCCCCN2CC(=O)Nc2ccccc2C)cc1. The summed E-state index contributed by atoms with van der Waals surface area (Å²) in [4.78, 5) is 15.0. The van der Waals surface area contributed by atoms with E-state index in [2.05, 4.69) is 22.3 Å². The lowest BCUT2D eigenvalue weighted by atomic mass is 10.0. The molecular weight excluding hydrogens is 324 g/mol. The first kappa shape index (κ1) is 18.5. The molecule has 1 aliphatic heterocycles. The van der Waals surface area contributed by atoms with Crippen LogP contribution in [0.25, 0.3) is 0 Å². The fraction of sp³-hybridized carbons (Fsp3) is 0.409. The molecule has 4 nitrogen and oxygen atoms in total. The third-order valence-corrected chi connectivity index (χ3v) is 5.13. The Hall–Kier alpha value is -2.33. The first-order chi connectivity index (χ1) is 12.7. The van der Waals surface area contributed by atoms with Gasteiger partial charge >= 0.3 is 0 Å². The molecule has 2 aromatic rings. The van der Waals surface area contributed by atoms with Crippen LogP contribution in [0.4, 0.5) is 5.69 Å². The molecule has 0 unspecified atom stereocenters. The molecule has 1 fully saturated rings. The van der Waals surface area contributed by atoms with E-state index >= 15 is 0 Å². The standard InChI is InChI=1S/C22H28N2O2/c1-17-8-5-6-9-20(17)23-22(25)16-24-15-7-3-4-10-21(24)18-11-13-19(26-2)14-12-18/h5-6,8-9,11-14,21H,3-4,7,10,15-16H2,1-2H3,(H,23,25)/t21-/m1/s1. The average molecular weight is 352 g/mol. The second kappa shape index (κ2) is 8.86. The number of nitrogens with zero attached hydrogens (tertiary/aromatic N) is 1. The van der Waals surface area contributed by atoms with Crippen molar-refractivity contribution in [2.75, 3.05) is 25.5 Å². The Morgan fingerprint density at radius 1 is 1.12 bits per heavy atom. The lowest BCUT2D eigenvalue weighted by Gasteiger charge is -2.30. The zero-order chi connectivity index (χ0) is 18.4. The summed E-state index contributed by atoms with van der Waals surface area (Å²) < 4.78 is 5.27. The maximum absolute atomic E-state index is 12.6. The van der Waals surface area contributed by atoms with E-state index in [4.69, 9.17) is 4.74 Å². The highest BCUT2D eigenvalue weighted by molar-refractivity contribution is 5.92. The molecule has 4 heteroatoms. The van der Waals surface area contributed by atoms with Crippen LogP contribution in [0.3, 0.4) is 0 Å². The summed E-state index contributed by atoms with van der Waals surface area (Å²) >= 11 is 0. The van der Waals surface area contributed by atoms with E-state index < -0.39 is 0 Å². The quantitative estimate of drug-likeness (QED) is 0.858. The van der Waals surface area contributed by atoms with Gasteiger partial charge in [0.2, 0.25) is 5.91 Å². The summed E-state index contributed by atoms with van der Waals surface area (Å²) in [5.41, 5.74) is 3.24. The Kier molecular flexibility index (Phi) is 6.29. The number of amides is 1. The van der Waals surface area contributed by atoms with Gasteiger partial charge < -0.3 is 10.1 Å². The third kappa shape index (κ3) is 4.64. The number of hydrogen-bond acceptors (Lipinski definition) is 3. The van der Waals surface area contributed by atoms with Crippen LogP contribution >= 0.6 is 0 Å². The third-order valence-electron chi connectivity index (χ3n) is 5.13. The molecule has 0 aromatic heterocycles. The number of carbonyl (C=O) groups excluding carboxylic acids is 1. The highest BCUT2D eigenvalue weighted by Gasteiger charge is 2.24. The van der Waals surface area contributed by atoms with E-state index in [0.29, 0.717) is 6.54 Å². The number of benzene rings is 2. The van der Waals surface area contributed by atoms with Gasteiger partial charge in [-0.2, -0.15) is 0 Å². The van der Waals surface area contributed by atoms with Gasteiger partial charge in [-0.25, -0.2) is 0 Å². The molecule has 0 radical (unpaired) electrons. The number of nitrogens with one attached hydrogen (secondary N) is 1. The average Bonchev–Trinajstić information content (AvgIpc) is 2.89. The minimum Gasteiger partial charge on any atom is -0.497 e. The predicted molar refractivity (Wildman–Crippen MR) is 106 cm³/mol. The molecule has 0 spiro atoms. The van der Waals surface area contributed by atoms with Crippen LogP contribution in [-0.2, 0) is 4.79 Å². The number of hydrogen-bond donors (Lipinski definition) is 1. The number of anilines is 1. The Morgan fingerprint density at radius 3 is 2.62 bits per heavy atom. The van der Waals surface area contributed by atoms with E-state index in [0.717, 1.165) is 36.4 Å². The minimum absolute atomic E-state index is 0.0553. The number of methoxy groups -OCH3 is 1. The Labute approximate surface area is 156 Å². The largest absolute Gasteiger partial charge is 0.497 e. The van der Waals surface area contributed by atoms with Crippen LogP contribution in [0.2, 0.25) is 0 Å². The Balaban J connectivity index is 1.71. The van der Waals surface area contributed by atoms with Gasteiger partial charge in [0.25, 0.3) is 0 Å². The maximum Gasteiger partial charge on any atom is 0.238 e. The topological polar surface area (TPSA) is 41.6 Å². The van der Waals surface area contributed by atoms with E-state index in [1.54, 1.807) is 7.11 Å². The number of likely N-dealkylation sites (tertiary alicyclic amines) is 1. The molecule has 3 rings (SSSR count). The van der Waals surface area contributed by atoms with Gasteiger partial charge in [0.1, 0.15) is 5.75 Å². The van der Waals surface area contributed by atoms with E-state index in [1.165, 1.54) is 18.4 Å². The lowest BCUT2D eigenvalue weighted by molar-refractivity contribution is -0.117. The van der Waals surface area contributed by atoms with Crippen molar-refractivity contribution in [3.63, 3.8) is 0 Å². The lowest BCUT2D eigenvalue weighted by Crippen LogP contribution is -2.36. The van der Waals surface area contributed by atoms with E-state index in [-0.39, 0.29) is 11.9 Å². The molecule has 2 aromatic carbocycles. The molecule has 1 N–H and O–H groups in total. The summed E-state index contributed by atoms with van der Waals surface area (Å²) in [6.07, 6.45) is 4.66. The predicted octanol–water partition coefficient (Wildman–Crippen LogP) is 4.56. The first-order valence-corrected chi connectivity index (χ1v) is 9.41. The normalized spacial score (nSPS) is 18.2. The molecule has 0 aliphatic carbocycles. The molecule has 1 amide bonds. The van der Waals surface area contributed by atoms with Gasteiger partial charge in [-0.3, -0.25) is 9.69 Å². The van der Waals surface area contributed by atoms with Crippen LogP contribution < -0.4 is 10.1 Å². The zero-order valence-electron chi connectivity index (χ0n) is 15.7. The smallest absolute Gasteiger partial charge is 0.238 e. The van der Waals surface area contributed by atoms with Crippen molar-refractivity contribution in [2.24, 2.45) is 0 Å². The van der Waals surface area contributed by atoms with Crippen molar-refractivity contribution < 1.29 is 9.53 Å². The second-order valence-corrected chi connectivity index (χ2v) is 6.97. The minimum atomic E-state index is 0.0553. The van der Waals surface area contributed by atoms with Gasteiger partial charge in [-0.15, -0.1) is 0 Å². The van der Waals surface area contributed by atoms with Gasteiger partial charge in [0, 0.05) is 11.7 Å². The fourth-order valence-electron chi connectivity index (χ4n) is 3.65. The summed E-state index contributed by atoms with van der Waals surface area (Å²) in [5.74, 6) is 0.922. The van der Waals surface area contributed by atoms with Crippen molar-refractivity contribution in [1.29, 1.82) is 0 Å². The number of para-hydroxylation sites is 1. The summed E-state index contributed by atoms with van der Waals surface area (Å²) in [7, 11) is 1.68.